The summed E-state index contributed by atoms with van der Waals surface area (Å²) >= 11 is 0. The van der Waals surface area contributed by atoms with Gasteiger partial charge in [0.2, 0.25) is 5.88 Å². The van der Waals surface area contributed by atoms with Crippen LogP contribution >= 0.6 is 0 Å². The van der Waals surface area contributed by atoms with Crippen molar-refractivity contribution in [2.24, 2.45) is 11.3 Å². The zero-order valence-electron chi connectivity index (χ0n) is 42.6. The highest BCUT2D eigenvalue weighted by Gasteiger charge is 2.50. The van der Waals surface area contributed by atoms with Crippen molar-refractivity contribution >= 4 is 44.0 Å². The number of carbonyl (C=O) groups is 1. The van der Waals surface area contributed by atoms with E-state index in [0.717, 1.165) is 94.9 Å². The standard InChI is InChI=1S/C56H67N9O8S/c1-37(2)45-7-5-6-8-46(45)50-36-62(35-39-9-14-52(72-4)59-33-39)25-26-64(50)42-30-56(31-42)20-23-63(24-21-56)41-10-12-47(51(28-41)73-43-27-40-17-22-57-53(40)60-34-43)54(66)61-74(70,71)44-11-13-48(49(29-44)65(68)69)58-32-38-15-18-55(3,67)19-16-38/h5-14,17,22,27-29,33-34,37-38,42,50,58,67H,15-16,18-21,23-26,30-32,35-36H2,1-4H3,(H,57,60)(H,61,66)/t38?,50-,55?/m0/s1. The van der Waals surface area contributed by atoms with Crippen LogP contribution in [0, 0.1) is 21.4 Å². The van der Waals surface area contributed by atoms with E-state index in [2.05, 4.69) is 83.9 Å². The van der Waals surface area contributed by atoms with Gasteiger partial charge < -0.3 is 29.8 Å². The van der Waals surface area contributed by atoms with E-state index in [1.54, 1.807) is 37.7 Å². The molecule has 390 valence electrons. The number of nitro benzene ring substituents is 1. The van der Waals surface area contributed by atoms with Crippen LogP contribution in [0.5, 0.6) is 17.4 Å². The number of rotatable bonds is 16. The minimum atomic E-state index is -4.59. The summed E-state index contributed by atoms with van der Waals surface area (Å²) in [5, 5.41) is 26.5. The Hall–Kier alpha value is -6.60. The number of aliphatic hydroxyl groups is 1. The molecule has 4 N–H and O–H groups in total. The molecule has 0 unspecified atom stereocenters. The van der Waals surface area contributed by atoms with Crippen LogP contribution in [-0.4, -0.2) is 107 Å². The molecule has 0 bridgehead atoms. The van der Waals surface area contributed by atoms with Crippen molar-refractivity contribution in [2.75, 3.05) is 56.6 Å². The lowest BCUT2D eigenvalue weighted by atomic mass is 9.59. The molecule has 4 fully saturated rings. The number of hydrogen-bond acceptors (Lipinski definition) is 14. The normalized spacial score (nSPS) is 21.6. The SMILES string of the molecule is COc1ccc(CN2CCN(C3CC4(CCN(c5ccc(C(=O)NS(=O)(=O)c6ccc(NCC7CCC(C)(O)CC7)c([N+](=O)[O-])c6)c(Oc6cnc7[nH]ccc7c6)c5)CC4)C3)[C@H](c3ccccc3C(C)C)C2)cn1. The van der Waals surface area contributed by atoms with Crippen LogP contribution in [0.2, 0.25) is 0 Å². The molecule has 4 aliphatic rings. The third kappa shape index (κ3) is 11.1. The molecule has 10 rings (SSSR count). The highest BCUT2D eigenvalue weighted by atomic mass is 32.2. The van der Waals surface area contributed by atoms with Gasteiger partial charge in [-0.25, -0.2) is 23.1 Å². The second-order valence-corrected chi connectivity index (χ2v) is 23.3. The number of aromatic nitrogens is 3. The van der Waals surface area contributed by atoms with E-state index in [9.17, 15) is 28.4 Å². The number of sulfonamides is 1. The Labute approximate surface area is 432 Å². The quantitative estimate of drug-likeness (QED) is 0.0526. The van der Waals surface area contributed by atoms with E-state index in [1.165, 1.54) is 28.8 Å². The van der Waals surface area contributed by atoms with Crippen LogP contribution in [0.25, 0.3) is 11.0 Å². The van der Waals surface area contributed by atoms with Gasteiger partial charge in [0.1, 0.15) is 22.8 Å². The number of nitrogens with zero attached hydrogens (tertiary/aromatic N) is 6. The Balaban J connectivity index is 0.830. The number of nitro groups is 1. The molecule has 6 aromatic rings. The summed E-state index contributed by atoms with van der Waals surface area (Å²) in [6.45, 7) is 12.2. The molecule has 17 nitrogen and oxygen atoms in total. The van der Waals surface area contributed by atoms with Gasteiger partial charge in [0, 0.05) is 99.6 Å². The van der Waals surface area contributed by atoms with E-state index in [-0.39, 0.29) is 34.4 Å². The van der Waals surface area contributed by atoms with Gasteiger partial charge in [-0.3, -0.25) is 24.7 Å². The van der Waals surface area contributed by atoms with Gasteiger partial charge in [-0.05, 0) is 129 Å². The summed E-state index contributed by atoms with van der Waals surface area (Å²) in [7, 11) is -2.95. The smallest absolute Gasteiger partial charge is 0.293 e. The van der Waals surface area contributed by atoms with Gasteiger partial charge in [-0.1, -0.05) is 44.2 Å². The topological polar surface area (TPSA) is 208 Å². The van der Waals surface area contributed by atoms with E-state index < -0.39 is 37.0 Å². The number of ether oxygens (including phenoxy) is 2. The third-order valence-electron chi connectivity index (χ3n) is 16.2. The first-order valence-electron chi connectivity index (χ1n) is 25.9. The maximum Gasteiger partial charge on any atom is 0.293 e. The van der Waals surface area contributed by atoms with Gasteiger partial charge >= 0.3 is 0 Å². The number of H-pyrrole nitrogens is 1. The number of aromatic amines is 1. The van der Waals surface area contributed by atoms with Crippen LogP contribution < -0.4 is 24.4 Å². The van der Waals surface area contributed by atoms with Crippen LogP contribution in [-0.2, 0) is 16.6 Å². The Morgan fingerprint density at radius 3 is 2.46 bits per heavy atom. The highest BCUT2D eigenvalue weighted by molar-refractivity contribution is 7.90. The highest BCUT2D eigenvalue weighted by Crippen LogP contribution is 2.53. The molecule has 5 heterocycles. The number of nitrogens with one attached hydrogen (secondary N) is 3. The number of carbonyl (C=O) groups excluding carboxylic acids is 1. The number of piperazine rings is 1. The fourth-order valence-electron chi connectivity index (χ4n) is 11.8. The second-order valence-electron chi connectivity index (χ2n) is 21.6. The average molecular weight is 1030 g/mol. The molecular formula is C56H67N9O8S. The monoisotopic (exact) mass is 1030 g/mol. The molecular weight excluding hydrogens is 959 g/mol. The third-order valence-corrected chi connectivity index (χ3v) is 17.5. The van der Waals surface area contributed by atoms with Gasteiger partial charge in [0.25, 0.3) is 21.6 Å². The van der Waals surface area contributed by atoms with E-state index in [0.29, 0.717) is 48.6 Å². The van der Waals surface area contributed by atoms with Crippen LogP contribution in [0.3, 0.4) is 0 Å². The zero-order chi connectivity index (χ0) is 51.8. The number of pyridine rings is 2. The molecule has 1 atom stereocenters. The summed E-state index contributed by atoms with van der Waals surface area (Å²) in [6.07, 6.45) is 12.3. The van der Waals surface area contributed by atoms with E-state index >= 15 is 0 Å². The average Bonchev–Trinajstić information content (AvgIpc) is 3.86. The van der Waals surface area contributed by atoms with E-state index in [4.69, 9.17) is 9.47 Å². The van der Waals surface area contributed by atoms with Crippen molar-refractivity contribution in [2.45, 2.75) is 107 Å². The number of methoxy groups -OCH3 is 1. The molecule has 3 aromatic heterocycles. The largest absolute Gasteiger partial charge is 0.481 e. The zero-order valence-corrected chi connectivity index (χ0v) is 43.4. The maximum atomic E-state index is 14.1. The van der Waals surface area contributed by atoms with Crippen molar-refractivity contribution in [1.29, 1.82) is 0 Å². The van der Waals surface area contributed by atoms with Crippen molar-refractivity contribution in [3.63, 3.8) is 0 Å². The van der Waals surface area contributed by atoms with Gasteiger partial charge in [0.05, 0.1) is 34.3 Å². The first-order valence-corrected chi connectivity index (χ1v) is 27.4. The van der Waals surface area contributed by atoms with Crippen LogP contribution in [0.1, 0.15) is 111 Å². The Morgan fingerprint density at radius 2 is 1.73 bits per heavy atom. The Bertz CT molecular complexity index is 3100. The summed E-state index contributed by atoms with van der Waals surface area (Å²) < 4.78 is 41.6. The maximum absolute atomic E-state index is 14.1. The molecule has 2 aliphatic heterocycles. The van der Waals surface area contributed by atoms with Crippen molar-refractivity contribution in [1.82, 2.24) is 29.5 Å². The van der Waals surface area contributed by atoms with Gasteiger partial charge in [-0.2, -0.15) is 0 Å². The van der Waals surface area contributed by atoms with Crippen LogP contribution in [0.15, 0.2) is 108 Å². The lowest BCUT2D eigenvalue weighted by molar-refractivity contribution is -0.384. The first kappa shape index (κ1) is 50.9. The fraction of sp³-hybridized carbons (Fsp3) is 0.446. The fourth-order valence-corrected chi connectivity index (χ4v) is 12.8. The molecule has 1 spiro atoms. The van der Waals surface area contributed by atoms with Gasteiger partial charge in [-0.15, -0.1) is 0 Å². The van der Waals surface area contributed by atoms with Crippen LogP contribution in [0.4, 0.5) is 17.1 Å². The van der Waals surface area contributed by atoms with Gasteiger partial charge in [0.15, 0.2) is 0 Å². The number of hydrogen-bond donors (Lipinski definition) is 4. The summed E-state index contributed by atoms with van der Waals surface area (Å²) in [4.78, 5) is 44.9. The van der Waals surface area contributed by atoms with E-state index in [1.807, 2.05) is 31.3 Å². The number of fused-ring (bicyclic) bond motifs is 1. The number of anilines is 2. The molecule has 18 heteroatoms. The molecule has 74 heavy (non-hydrogen) atoms. The van der Waals surface area contributed by atoms with Crippen molar-refractivity contribution < 1.29 is 32.7 Å². The summed E-state index contributed by atoms with van der Waals surface area (Å²) in [6, 6.07) is 26.1. The minimum absolute atomic E-state index is 0.0320. The Kier molecular flexibility index (Phi) is 14.4. The lowest BCUT2D eigenvalue weighted by Crippen LogP contribution is -2.60. The van der Waals surface area contributed by atoms with Crippen molar-refractivity contribution in [3.8, 4) is 17.4 Å². The molecule has 2 saturated carbocycles. The molecule has 2 saturated heterocycles. The Morgan fingerprint density at radius 1 is 0.946 bits per heavy atom. The number of piperidine rings is 1. The summed E-state index contributed by atoms with van der Waals surface area (Å²) in [5.74, 6) is 0.766. The summed E-state index contributed by atoms with van der Waals surface area (Å²) in [5.41, 5.74) is 4.71. The molecule has 2 aliphatic carbocycles. The molecule has 1 amide bonds. The predicted molar refractivity (Wildman–Crippen MR) is 284 cm³/mol. The second kappa shape index (κ2) is 21.0. The minimum Gasteiger partial charge on any atom is -0.481 e. The molecule has 0 radical (unpaired) electrons. The lowest BCUT2D eigenvalue weighted by Gasteiger charge is -2.58. The first-order chi connectivity index (χ1) is 35.5. The number of amides is 1. The van der Waals surface area contributed by atoms with Crippen molar-refractivity contribution in [3.05, 3.63) is 136 Å². The predicted octanol–water partition coefficient (Wildman–Crippen LogP) is 9.57. The molecule has 3 aromatic carbocycles. The number of benzene rings is 3.